The number of hydrogen-bond acceptors (Lipinski definition) is 3. The Hall–Kier alpha value is -1.00. The second-order valence-corrected chi connectivity index (χ2v) is 5.93. The predicted octanol–water partition coefficient (Wildman–Crippen LogP) is 2.99. The van der Waals surface area contributed by atoms with Gasteiger partial charge in [-0.25, -0.2) is 4.39 Å². The highest BCUT2D eigenvalue weighted by atomic mass is 19.1. The normalized spacial score (nSPS) is 25.6. The number of nitrogens with zero attached hydrogens (tertiary/aromatic N) is 2. The number of aromatic nitrogens is 1. The third-order valence-electron chi connectivity index (χ3n) is 4.67. The van der Waals surface area contributed by atoms with Crippen molar-refractivity contribution in [1.29, 1.82) is 0 Å². The zero-order valence-corrected chi connectivity index (χ0v) is 12.8. The van der Waals surface area contributed by atoms with Gasteiger partial charge < -0.3 is 10.2 Å². The van der Waals surface area contributed by atoms with Crippen molar-refractivity contribution in [2.75, 3.05) is 20.1 Å². The molecule has 4 heteroatoms. The van der Waals surface area contributed by atoms with Crippen LogP contribution in [0, 0.1) is 11.7 Å². The SMILES string of the molecule is CNC(CCN1CCCC(C)C1C)c1ccc(F)cn1. The van der Waals surface area contributed by atoms with Crippen molar-refractivity contribution in [3.63, 3.8) is 0 Å². The van der Waals surface area contributed by atoms with E-state index in [1.54, 1.807) is 6.07 Å². The lowest BCUT2D eigenvalue weighted by molar-refractivity contribution is 0.109. The molecule has 1 fully saturated rings. The van der Waals surface area contributed by atoms with Crippen molar-refractivity contribution in [3.8, 4) is 0 Å². The van der Waals surface area contributed by atoms with Crippen LogP contribution >= 0.6 is 0 Å². The summed E-state index contributed by atoms with van der Waals surface area (Å²) in [4.78, 5) is 6.76. The quantitative estimate of drug-likeness (QED) is 0.898. The highest BCUT2D eigenvalue weighted by molar-refractivity contribution is 5.09. The van der Waals surface area contributed by atoms with Gasteiger partial charge in [0.25, 0.3) is 0 Å². The molecule has 0 aromatic carbocycles. The Morgan fingerprint density at radius 3 is 2.90 bits per heavy atom. The summed E-state index contributed by atoms with van der Waals surface area (Å²) in [6, 6.07) is 4.11. The fraction of sp³-hybridized carbons (Fsp3) is 0.688. The highest BCUT2D eigenvalue weighted by Gasteiger charge is 2.25. The maximum absolute atomic E-state index is 12.9. The average molecular weight is 279 g/mol. The van der Waals surface area contributed by atoms with Crippen molar-refractivity contribution in [1.82, 2.24) is 15.2 Å². The number of nitrogens with one attached hydrogen (secondary N) is 1. The number of likely N-dealkylation sites (tertiary alicyclic amines) is 1. The van der Waals surface area contributed by atoms with Gasteiger partial charge in [-0.3, -0.25) is 4.98 Å². The van der Waals surface area contributed by atoms with Gasteiger partial charge in [-0.1, -0.05) is 6.92 Å². The zero-order chi connectivity index (χ0) is 14.5. The summed E-state index contributed by atoms with van der Waals surface area (Å²) in [6.45, 7) is 6.93. The molecule has 2 heterocycles. The molecule has 3 unspecified atom stereocenters. The second-order valence-electron chi connectivity index (χ2n) is 5.93. The van der Waals surface area contributed by atoms with Gasteiger partial charge in [-0.05, 0) is 57.8 Å². The molecule has 1 N–H and O–H groups in total. The molecule has 0 amide bonds. The van der Waals surface area contributed by atoms with Gasteiger partial charge in [-0.15, -0.1) is 0 Å². The Balaban J connectivity index is 1.92. The van der Waals surface area contributed by atoms with E-state index in [1.165, 1.54) is 31.6 Å². The van der Waals surface area contributed by atoms with Crippen LogP contribution in [0.2, 0.25) is 0 Å². The molecule has 3 atom stereocenters. The Morgan fingerprint density at radius 1 is 1.45 bits per heavy atom. The first-order chi connectivity index (χ1) is 9.61. The van der Waals surface area contributed by atoms with E-state index in [2.05, 4.69) is 29.0 Å². The monoisotopic (exact) mass is 279 g/mol. The fourth-order valence-corrected chi connectivity index (χ4v) is 3.06. The van der Waals surface area contributed by atoms with E-state index < -0.39 is 0 Å². The van der Waals surface area contributed by atoms with Gasteiger partial charge in [0.15, 0.2) is 0 Å². The summed E-state index contributed by atoms with van der Waals surface area (Å²) in [5.41, 5.74) is 0.923. The van der Waals surface area contributed by atoms with E-state index in [-0.39, 0.29) is 11.9 Å². The first kappa shape index (κ1) is 15.4. The van der Waals surface area contributed by atoms with Crippen LogP contribution in [0.15, 0.2) is 18.3 Å². The summed E-state index contributed by atoms with van der Waals surface area (Å²) < 4.78 is 12.9. The molecule has 0 radical (unpaired) electrons. The van der Waals surface area contributed by atoms with E-state index in [4.69, 9.17) is 0 Å². The summed E-state index contributed by atoms with van der Waals surface area (Å²) in [7, 11) is 1.94. The largest absolute Gasteiger partial charge is 0.312 e. The van der Waals surface area contributed by atoms with Crippen LogP contribution in [-0.4, -0.2) is 36.1 Å². The molecule has 3 nitrogen and oxygen atoms in total. The number of rotatable bonds is 5. The predicted molar refractivity (Wildman–Crippen MR) is 80.0 cm³/mol. The highest BCUT2D eigenvalue weighted by Crippen LogP contribution is 2.24. The van der Waals surface area contributed by atoms with Crippen molar-refractivity contribution >= 4 is 0 Å². The number of halogens is 1. The number of hydrogen-bond donors (Lipinski definition) is 1. The van der Waals surface area contributed by atoms with Crippen molar-refractivity contribution in [2.45, 2.75) is 45.2 Å². The molecule has 112 valence electrons. The van der Waals surface area contributed by atoms with E-state index >= 15 is 0 Å². The van der Waals surface area contributed by atoms with Gasteiger partial charge in [0.2, 0.25) is 0 Å². The topological polar surface area (TPSA) is 28.2 Å². The number of pyridine rings is 1. The maximum Gasteiger partial charge on any atom is 0.141 e. The Bertz CT molecular complexity index is 407. The first-order valence-electron chi connectivity index (χ1n) is 7.64. The first-order valence-corrected chi connectivity index (χ1v) is 7.64. The molecule has 1 aromatic heterocycles. The third-order valence-corrected chi connectivity index (χ3v) is 4.67. The Kier molecular flexibility index (Phi) is 5.49. The van der Waals surface area contributed by atoms with Gasteiger partial charge in [0, 0.05) is 12.6 Å². The molecule has 1 aliphatic rings. The minimum atomic E-state index is -0.276. The smallest absolute Gasteiger partial charge is 0.141 e. The molecular formula is C16H26FN3. The van der Waals surface area contributed by atoms with Crippen LogP contribution in [0.4, 0.5) is 4.39 Å². The fourth-order valence-electron chi connectivity index (χ4n) is 3.06. The minimum absolute atomic E-state index is 0.194. The van der Waals surface area contributed by atoms with Gasteiger partial charge >= 0.3 is 0 Å². The second kappa shape index (κ2) is 7.14. The van der Waals surface area contributed by atoms with Crippen molar-refractivity contribution in [3.05, 3.63) is 29.8 Å². The maximum atomic E-state index is 12.9. The molecule has 2 rings (SSSR count). The van der Waals surface area contributed by atoms with Crippen molar-refractivity contribution in [2.24, 2.45) is 5.92 Å². The molecule has 1 aromatic rings. The van der Waals surface area contributed by atoms with Crippen LogP contribution < -0.4 is 5.32 Å². The van der Waals surface area contributed by atoms with E-state index in [1.807, 2.05) is 7.05 Å². The van der Waals surface area contributed by atoms with E-state index in [0.717, 1.165) is 24.6 Å². The van der Waals surface area contributed by atoms with Crippen molar-refractivity contribution < 1.29 is 4.39 Å². The third kappa shape index (κ3) is 3.76. The molecule has 0 saturated carbocycles. The summed E-state index contributed by atoms with van der Waals surface area (Å²) >= 11 is 0. The molecule has 0 spiro atoms. The van der Waals surface area contributed by atoms with E-state index in [0.29, 0.717) is 6.04 Å². The molecule has 20 heavy (non-hydrogen) atoms. The Labute approximate surface area is 121 Å². The number of piperidine rings is 1. The summed E-state index contributed by atoms with van der Waals surface area (Å²) in [6.07, 6.45) is 4.94. The molecule has 1 aliphatic heterocycles. The van der Waals surface area contributed by atoms with Crippen LogP contribution in [0.25, 0.3) is 0 Å². The van der Waals surface area contributed by atoms with Gasteiger partial charge in [0.05, 0.1) is 17.9 Å². The lowest BCUT2D eigenvalue weighted by Gasteiger charge is -2.38. The molecular weight excluding hydrogens is 253 g/mol. The standard InChI is InChI=1S/C16H26FN3/c1-12-5-4-9-20(13(12)2)10-8-15(18-3)16-7-6-14(17)11-19-16/h6-7,11-13,15,18H,4-5,8-10H2,1-3H3. The molecule has 0 bridgehead atoms. The van der Waals surface area contributed by atoms with Crippen LogP contribution in [0.5, 0.6) is 0 Å². The lowest BCUT2D eigenvalue weighted by atomic mass is 9.91. The minimum Gasteiger partial charge on any atom is -0.312 e. The summed E-state index contributed by atoms with van der Waals surface area (Å²) in [5.74, 6) is 0.503. The Morgan fingerprint density at radius 2 is 2.25 bits per heavy atom. The zero-order valence-electron chi connectivity index (χ0n) is 12.8. The molecule has 1 saturated heterocycles. The summed E-state index contributed by atoms with van der Waals surface area (Å²) in [5, 5.41) is 3.29. The average Bonchev–Trinajstić information content (AvgIpc) is 2.45. The van der Waals surface area contributed by atoms with Crippen LogP contribution in [-0.2, 0) is 0 Å². The van der Waals surface area contributed by atoms with Crippen LogP contribution in [0.1, 0.15) is 44.8 Å². The van der Waals surface area contributed by atoms with Gasteiger partial charge in [-0.2, -0.15) is 0 Å². The lowest BCUT2D eigenvalue weighted by Crippen LogP contribution is -2.43. The van der Waals surface area contributed by atoms with Crippen LogP contribution in [0.3, 0.4) is 0 Å². The van der Waals surface area contributed by atoms with Gasteiger partial charge in [0.1, 0.15) is 5.82 Å². The molecule has 0 aliphatic carbocycles. The van der Waals surface area contributed by atoms with E-state index in [9.17, 15) is 4.39 Å².